The third kappa shape index (κ3) is 4.11. The van der Waals surface area contributed by atoms with E-state index in [1.807, 2.05) is 37.3 Å². The first-order chi connectivity index (χ1) is 8.69. The predicted octanol–water partition coefficient (Wildman–Crippen LogP) is 1.52. The van der Waals surface area contributed by atoms with Gasteiger partial charge in [0.25, 0.3) is 0 Å². The summed E-state index contributed by atoms with van der Waals surface area (Å²) in [5.74, 6) is 2.64. The molecule has 0 radical (unpaired) electrons. The van der Waals surface area contributed by atoms with E-state index in [9.17, 15) is 0 Å². The number of nitrogens with zero attached hydrogens (tertiary/aromatic N) is 1. The number of amidine groups is 1. The van der Waals surface area contributed by atoms with Crippen LogP contribution in [0.2, 0.25) is 0 Å². The Balaban J connectivity index is 2.73. The quantitative estimate of drug-likeness (QED) is 0.234. The average molecular weight is 245 g/mol. The molecule has 4 nitrogen and oxygen atoms in total. The van der Waals surface area contributed by atoms with Crippen LogP contribution in [0.3, 0.4) is 0 Å². The van der Waals surface area contributed by atoms with Crippen molar-refractivity contribution in [2.45, 2.75) is 25.3 Å². The molecule has 18 heavy (non-hydrogen) atoms. The maximum absolute atomic E-state index is 8.84. The zero-order valence-electron chi connectivity index (χ0n) is 10.5. The molecule has 0 aliphatic heterocycles. The van der Waals surface area contributed by atoms with Crippen molar-refractivity contribution in [1.29, 1.82) is 0 Å². The largest absolute Gasteiger partial charge is 0.409 e. The van der Waals surface area contributed by atoms with Gasteiger partial charge in [0.2, 0.25) is 0 Å². The van der Waals surface area contributed by atoms with Crippen molar-refractivity contribution in [1.82, 2.24) is 5.32 Å². The van der Waals surface area contributed by atoms with Gasteiger partial charge in [-0.05, 0) is 12.5 Å². The molecular formula is C14H19N3O. The minimum Gasteiger partial charge on any atom is -0.409 e. The third-order valence-corrected chi connectivity index (χ3v) is 2.77. The smallest absolute Gasteiger partial charge is 0.147 e. The van der Waals surface area contributed by atoms with Crippen molar-refractivity contribution in [3.63, 3.8) is 0 Å². The van der Waals surface area contributed by atoms with Gasteiger partial charge in [-0.2, -0.15) is 0 Å². The van der Waals surface area contributed by atoms with E-state index in [0.717, 1.165) is 5.56 Å². The first-order valence-corrected chi connectivity index (χ1v) is 5.88. The molecule has 4 heteroatoms. The maximum Gasteiger partial charge on any atom is 0.147 e. The van der Waals surface area contributed by atoms with E-state index in [2.05, 4.69) is 16.4 Å². The van der Waals surface area contributed by atoms with Crippen molar-refractivity contribution in [2.75, 3.05) is 6.54 Å². The molecule has 1 aromatic rings. The highest BCUT2D eigenvalue weighted by molar-refractivity contribution is 5.87. The zero-order chi connectivity index (χ0) is 13.4. The van der Waals surface area contributed by atoms with E-state index in [0.29, 0.717) is 13.0 Å². The molecule has 0 fully saturated rings. The van der Waals surface area contributed by atoms with Gasteiger partial charge in [-0.25, -0.2) is 0 Å². The number of nitrogens with two attached hydrogens (primary N) is 1. The number of nitrogens with one attached hydrogen (secondary N) is 1. The summed E-state index contributed by atoms with van der Waals surface area (Å²) < 4.78 is 0. The molecule has 0 aromatic heterocycles. The lowest BCUT2D eigenvalue weighted by Crippen LogP contribution is -2.35. The third-order valence-electron chi connectivity index (χ3n) is 2.77. The van der Waals surface area contributed by atoms with Gasteiger partial charge in [-0.15, -0.1) is 12.3 Å². The number of oxime groups is 1. The molecule has 0 saturated carbocycles. The van der Waals surface area contributed by atoms with Gasteiger partial charge in [0.05, 0.1) is 5.92 Å². The number of rotatable bonds is 6. The molecule has 0 aliphatic rings. The van der Waals surface area contributed by atoms with E-state index < -0.39 is 0 Å². The Morgan fingerprint density at radius 1 is 1.50 bits per heavy atom. The fourth-order valence-corrected chi connectivity index (χ4v) is 1.72. The van der Waals surface area contributed by atoms with Crippen LogP contribution in [0.15, 0.2) is 35.5 Å². The normalized spacial score (nSPS) is 14.8. The highest BCUT2D eigenvalue weighted by Gasteiger charge is 2.16. The van der Waals surface area contributed by atoms with Crippen LogP contribution < -0.4 is 11.1 Å². The Morgan fingerprint density at radius 2 is 2.17 bits per heavy atom. The minimum atomic E-state index is -0.156. The summed E-state index contributed by atoms with van der Waals surface area (Å²) in [6.07, 6.45) is 5.90. The van der Waals surface area contributed by atoms with Gasteiger partial charge in [0.15, 0.2) is 0 Å². The number of hydrogen-bond acceptors (Lipinski definition) is 3. The summed E-state index contributed by atoms with van der Waals surface area (Å²) in [5, 5.41) is 15.2. The Hall–Kier alpha value is -1.99. The van der Waals surface area contributed by atoms with E-state index >= 15 is 0 Å². The van der Waals surface area contributed by atoms with Gasteiger partial charge in [-0.1, -0.05) is 35.5 Å². The van der Waals surface area contributed by atoms with Crippen LogP contribution in [0.4, 0.5) is 0 Å². The monoisotopic (exact) mass is 245 g/mol. The molecule has 0 aliphatic carbocycles. The molecule has 0 bridgehead atoms. The fraction of sp³-hybridized carbons (Fsp3) is 0.357. The molecule has 0 spiro atoms. The molecule has 96 valence electrons. The van der Waals surface area contributed by atoms with E-state index in [-0.39, 0.29) is 17.8 Å². The second kappa shape index (κ2) is 7.36. The molecule has 2 unspecified atom stereocenters. The summed E-state index contributed by atoms with van der Waals surface area (Å²) >= 11 is 0. The highest BCUT2D eigenvalue weighted by Crippen LogP contribution is 2.15. The molecular weight excluding hydrogens is 226 g/mol. The first kappa shape index (κ1) is 14.1. The zero-order valence-corrected chi connectivity index (χ0v) is 10.5. The second-order valence-corrected chi connectivity index (χ2v) is 4.21. The van der Waals surface area contributed by atoms with Gasteiger partial charge in [-0.3, -0.25) is 0 Å². The Bertz CT molecular complexity index is 422. The van der Waals surface area contributed by atoms with Crippen LogP contribution in [0.5, 0.6) is 0 Å². The summed E-state index contributed by atoms with van der Waals surface area (Å²) in [6.45, 7) is 2.59. The average Bonchev–Trinajstić information content (AvgIpc) is 2.40. The maximum atomic E-state index is 8.84. The van der Waals surface area contributed by atoms with Gasteiger partial charge >= 0.3 is 0 Å². The molecule has 0 heterocycles. The lowest BCUT2D eigenvalue weighted by atomic mass is 9.97. The van der Waals surface area contributed by atoms with Crippen molar-refractivity contribution >= 4 is 5.84 Å². The van der Waals surface area contributed by atoms with Crippen LogP contribution in [-0.4, -0.2) is 23.6 Å². The van der Waals surface area contributed by atoms with Crippen molar-refractivity contribution < 1.29 is 5.21 Å². The highest BCUT2D eigenvalue weighted by atomic mass is 16.4. The van der Waals surface area contributed by atoms with Crippen LogP contribution in [0.1, 0.15) is 24.8 Å². The lowest BCUT2D eigenvalue weighted by Gasteiger charge is -2.19. The molecule has 1 aromatic carbocycles. The number of hydrogen-bond donors (Lipinski definition) is 3. The fourth-order valence-electron chi connectivity index (χ4n) is 1.72. The van der Waals surface area contributed by atoms with Gasteiger partial charge < -0.3 is 16.3 Å². The molecule has 0 amide bonds. The number of benzene rings is 1. The Morgan fingerprint density at radius 3 is 2.72 bits per heavy atom. The summed E-state index contributed by atoms with van der Waals surface area (Å²) in [4.78, 5) is 0. The Kier molecular flexibility index (Phi) is 5.75. The van der Waals surface area contributed by atoms with E-state index in [1.165, 1.54) is 0 Å². The standard InChI is InChI=1S/C14H19N3O/c1-3-7-11(2)16-10-13(14(15)17-18)12-8-5-4-6-9-12/h1,4-6,8-9,11,13,16,18H,7,10H2,2H3,(H2,15,17). The molecule has 0 saturated heterocycles. The van der Waals surface area contributed by atoms with Crippen LogP contribution in [-0.2, 0) is 0 Å². The van der Waals surface area contributed by atoms with Crippen molar-refractivity contribution in [3.8, 4) is 12.3 Å². The molecule has 2 atom stereocenters. The van der Waals surface area contributed by atoms with Crippen molar-refractivity contribution in [2.24, 2.45) is 10.9 Å². The topological polar surface area (TPSA) is 70.6 Å². The lowest BCUT2D eigenvalue weighted by molar-refractivity contribution is 0.315. The van der Waals surface area contributed by atoms with Crippen LogP contribution in [0.25, 0.3) is 0 Å². The van der Waals surface area contributed by atoms with E-state index in [4.69, 9.17) is 17.4 Å². The summed E-state index contributed by atoms with van der Waals surface area (Å²) in [7, 11) is 0. The van der Waals surface area contributed by atoms with Gasteiger partial charge in [0, 0.05) is 19.0 Å². The second-order valence-electron chi connectivity index (χ2n) is 4.21. The van der Waals surface area contributed by atoms with Crippen LogP contribution >= 0.6 is 0 Å². The first-order valence-electron chi connectivity index (χ1n) is 5.88. The summed E-state index contributed by atoms with van der Waals surface area (Å²) in [6, 6.07) is 9.90. The number of terminal acetylenes is 1. The van der Waals surface area contributed by atoms with Crippen LogP contribution in [0, 0.1) is 12.3 Å². The van der Waals surface area contributed by atoms with Crippen molar-refractivity contribution in [3.05, 3.63) is 35.9 Å². The SMILES string of the molecule is C#CCC(C)NCC(/C(N)=N/O)c1ccccc1. The molecule has 4 N–H and O–H groups in total. The predicted molar refractivity (Wildman–Crippen MR) is 73.5 cm³/mol. The van der Waals surface area contributed by atoms with Gasteiger partial charge in [0.1, 0.15) is 5.84 Å². The Labute approximate surface area is 108 Å². The van der Waals surface area contributed by atoms with E-state index in [1.54, 1.807) is 0 Å². The minimum absolute atomic E-state index is 0.156. The molecule has 1 rings (SSSR count). The summed E-state index contributed by atoms with van der Waals surface area (Å²) in [5.41, 5.74) is 6.74.